The molecule has 0 radical (unpaired) electrons. The molecular formula is C19H40O8P2. The molecule has 1 saturated heterocycles. The van der Waals surface area contributed by atoms with Crippen molar-refractivity contribution in [3.05, 3.63) is 0 Å². The van der Waals surface area contributed by atoms with Crippen LogP contribution < -0.4 is 0 Å². The fraction of sp³-hybridized carbons (Fsp3) is 1.00. The summed E-state index contributed by atoms with van der Waals surface area (Å²) in [5.74, 6) is 0.721. The highest BCUT2D eigenvalue weighted by Gasteiger charge is 2.31. The second-order valence-corrected chi connectivity index (χ2v) is 11.0. The molecule has 3 unspecified atom stereocenters. The summed E-state index contributed by atoms with van der Waals surface area (Å²) in [5, 5.41) is 0. The quantitative estimate of drug-likeness (QED) is 0.120. The van der Waals surface area contributed by atoms with Gasteiger partial charge in [-0.2, -0.15) is 4.31 Å². The molecule has 0 amide bonds. The molecule has 10 heteroatoms. The third-order valence-corrected chi connectivity index (χ3v) is 7.37. The summed E-state index contributed by atoms with van der Waals surface area (Å²) < 4.78 is 35.3. The minimum absolute atomic E-state index is 0.0578. The van der Waals surface area contributed by atoms with Gasteiger partial charge in [0.1, 0.15) is 0 Å². The number of ether oxygens (including phenoxy) is 1. The third kappa shape index (κ3) is 18.7. The Morgan fingerprint density at radius 3 is 1.86 bits per heavy atom. The predicted octanol–water partition coefficient (Wildman–Crippen LogP) is 5.71. The van der Waals surface area contributed by atoms with Crippen LogP contribution in [0.1, 0.15) is 96.8 Å². The Hall–Kier alpha value is 0.220. The van der Waals surface area contributed by atoms with E-state index in [1.54, 1.807) is 0 Å². The first-order chi connectivity index (χ1) is 13.7. The van der Waals surface area contributed by atoms with E-state index < -0.39 is 15.6 Å². The molecule has 0 bridgehead atoms. The molecule has 0 aromatic rings. The predicted molar refractivity (Wildman–Crippen MR) is 112 cm³/mol. The van der Waals surface area contributed by atoms with Crippen molar-refractivity contribution in [2.75, 3.05) is 13.2 Å². The highest BCUT2D eigenvalue weighted by Crippen LogP contribution is 2.57. The molecule has 1 aliphatic heterocycles. The standard InChI is InChI=1S/C19H40O8P2/c1-18(13-9-5-3-2-4-6-11-15-19-17-25-19)14-10-7-8-12-16-26-29(23,24)27-28(20,21)22/h18-19H,2-17H2,1H3,(H,23,24)(H2,20,21,22). The maximum absolute atomic E-state index is 11.3. The molecule has 3 atom stereocenters. The lowest BCUT2D eigenvalue weighted by atomic mass is 9.96. The Labute approximate surface area is 175 Å². The van der Waals surface area contributed by atoms with E-state index in [0.29, 0.717) is 12.5 Å². The first-order valence-electron chi connectivity index (χ1n) is 11.0. The Morgan fingerprint density at radius 1 is 0.862 bits per heavy atom. The van der Waals surface area contributed by atoms with Crippen molar-refractivity contribution < 1.29 is 37.4 Å². The fourth-order valence-electron chi connectivity index (χ4n) is 3.41. The normalized spacial score (nSPS) is 19.8. The highest BCUT2D eigenvalue weighted by molar-refractivity contribution is 7.60. The Morgan fingerprint density at radius 2 is 1.34 bits per heavy atom. The second-order valence-electron chi connectivity index (χ2n) is 8.19. The van der Waals surface area contributed by atoms with E-state index in [1.165, 1.54) is 64.2 Å². The average Bonchev–Trinajstić information content (AvgIpc) is 3.41. The molecule has 0 aliphatic carbocycles. The zero-order chi connectivity index (χ0) is 21.6. The van der Waals surface area contributed by atoms with Gasteiger partial charge in [-0.15, -0.1) is 0 Å². The molecular weight excluding hydrogens is 418 g/mol. The molecule has 1 fully saturated rings. The van der Waals surface area contributed by atoms with Crippen LogP contribution in [0.5, 0.6) is 0 Å². The van der Waals surface area contributed by atoms with Gasteiger partial charge in [0.2, 0.25) is 0 Å². The average molecular weight is 458 g/mol. The van der Waals surface area contributed by atoms with Crippen molar-refractivity contribution in [1.82, 2.24) is 0 Å². The number of phosphoric ester groups is 1. The van der Waals surface area contributed by atoms with Gasteiger partial charge in [0.25, 0.3) is 0 Å². The summed E-state index contributed by atoms with van der Waals surface area (Å²) in [6.07, 6.45) is 17.1. The minimum atomic E-state index is -5.03. The van der Waals surface area contributed by atoms with Crippen molar-refractivity contribution in [2.45, 2.75) is 103 Å². The molecule has 8 nitrogen and oxygen atoms in total. The Balaban J connectivity index is 1.82. The number of unbranched alkanes of at least 4 members (excludes halogenated alkanes) is 9. The zero-order valence-corrected chi connectivity index (χ0v) is 19.5. The molecule has 0 saturated carbocycles. The fourth-order valence-corrected chi connectivity index (χ4v) is 5.04. The summed E-state index contributed by atoms with van der Waals surface area (Å²) in [6.45, 7) is 3.22. The van der Waals surface area contributed by atoms with Crippen LogP contribution in [0, 0.1) is 5.92 Å². The van der Waals surface area contributed by atoms with Gasteiger partial charge in [-0.1, -0.05) is 84.0 Å². The Kier molecular flexibility index (Phi) is 14.2. The van der Waals surface area contributed by atoms with Gasteiger partial charge in [0, 0.05) is 0 Å². The van der Waals surface area contributed by atoms with E-state index in [-0.39, 0.29) is 6.61 Å². The summed E-state index contributed by atoms with van der Waals surface area (Å²) in [4.78, 5) is 26.1. The van der Waals surface area contributed by atoms with E-state index in [1.807, 2.05) is 0 Å². The molecule has 0 aromatic heterocycles. The van der Waals surface area contributed by atoms with E-state index >= 15 is 0 Å². The number of phosphoric acid groups is 2. The van der Waals surface area contributed by atoms with Crippen molar-refractivity contribution in [3.8, 4) is 0 Å². The van der Waals surface area contributed by atoms with Crippen molar-refractivity contribution >= 4 is 15.6 Å². The number of hydrogen-bond acceptors (Lipinski definition) is 5. The minimum Gasteiger partial charge on any atom is -0.373 e. The van der Waals surface area contributed by atoms with Gasteiger partial charge < -0.3 is 19.4 Å². The highest BCUT2D eigenvalue weighted by atomic mass is 31.3. The first kappa shape index (κ1) is 27.3. The van der Waals surface area contributed by atoms with Gasteiger partial charge in [0.05, 0.1) is 19.3 Å². The van der Waals surface area contributed by atoms with Crippen LogP contribution in [-0.2, 0) is 22.7 Å². The molecule has 29 heavy (non-hydrogen) atoms. The van der Waals surface area contributed by atoms with Crippen molar-refractivity contribution in [3.63, 3.8) is 0 Å². The van der Waals surface area contributed by atoms with Crippen LogP contribution in [0.25, 0.3) is 0 Å². The lowest BCUT2D eigenvalue weighted by Crippen LogP contribution is -1.97. The van der Waals surface area contributed by atoms with Crippen LogP contribution in [0.4, 0.5) is 0 Å². The van der Waals surface area contributed by atoms with Gasteiger partial charge >= 0.3 is 15.6 Å². The molecule has 1 heterocycles. The van der Waals surface area contributed by atoms with E-state index in [0.717, 1.165) is 31.8 Å². The number of epoxide rings is 1. The van der Waals surface area contributed by atoms with Gasteiger partial charge in [-0.25, -0.2) is 9.13 Å². The summed E-state index contributed by atoms with van der Waals surface area (Å²) in [6, 6.07) is 0. The maximum atomic E-state index is 11.3. The van der Waals surface area contributed by atoms with Gasteiger partial charge in [0.15, 0.2) is 0 Å². The van der Waals surface area contributed by atoms with Crippen LogP contribution in [0.3, 0.4) is 0 Å². The smallest absolute Gasteiger partial charge is 0.373 e. The van der Waals surface area contributed by atoms with Crippen LogP contribution >= 0.6 is 15.6 Å². The number of rotatable bonds is 20. The van der Waals surface area contributed by atoms with Crippen LogP contribution in [-0.4, -0.2) is 34.0 Å². The lowest BCUT2D eigenvalue weighted by Gasteiger charge is -2.12. The summed E-state index contributed by atoms with van der Waals surface area (Å²) >= 11 is 0. The zero-order valence-electron chi connectivity index (χ0n) is 17.7. The third-order valence-electron chi connectivity index (χ3n) is 5.18. The molecule has 1 aliphatic rings. The van der Waals surface area contributed by atoms with E-state index in [9.17, 15) is 9.13 Å². The Bertz CT molecular complexity index is 506. The first-order valence-corrected chi connectivity index (χ1v) is 14.1. The number of hydrogen-bond donors (Lipinski definition) is 3. The topological polar surface area (TPSA) is 126 Å². The molecule has 3 N–H and O–H groups in total. The second kappa shape index (κ2) is 15.1. The van der Waals surface area contributed by atoms with Crippen molar-refractivity contribution in [2.24, 2.45) is 5.92 Å². The van der Waals surface area contributed by atoms with Crippen molar-refractivity contribution in [1.29, 1.82) is 0 Å². The van der Waals surface area contributed by atoms with Crippen LogP contribution in [0.2, 0.25) is 0 Å². The molecule has 1 rings (SSSR count). The monoisotopic (exact) mass is 458 g/mol. The molecule has 0 aromatic carbocycles. The van der Waals surface area contributed by atoms with Gasteiger partial charge in [-0.05, 0) is 18.8 Å². The molecule has 0 spiro atoms. The van der Waals surface area contributed by atoms with E-state index in [4.69, 9.17) is 19.4 Å². The van der Waals surface area contributed by atoms with E-state index in [2.05, 4.69) is 15.8 Å². The summed E-state index contributed by atoms with van der Waals surface area (Å²) in [7, 11) is -9.71. The molecule has 174 valence electrons. The maximum Gasteiger partial charge on any atom is 0.481 e. The summed E-state index contributed by atoms with van der Waals surface area (Å²) in [5.41, 5.74) is 0. The van der Waals surface area contributed by atoms with Crippen LogP contribution in [0.15, 0.2) is 0 Å². The lowest BCUT2D eigenvalue weighted by molar-refractivity contribution is 0.175. The SMILES string of the molecule is CC(CCCCCCCCCC1CO1)CCCCCCOP(=O)(O)OP(=O)(O)O. The largest absolute Gasteiger partial charge is 0.481 e. The van der Waals surface area contributed by atoms with Gasteiger partial charge in [-0.3, -0.25) is 4.52 Å².